The van der Waals surface area contributed by atoms with Crippen molar-refractivity contribution in [2.24, 2.45) is 0 Å². The van der Waals surface area contributed by atoms with Crippen LogP contribution in [0.15, 0.2) is 55.0 Å². The zero-order valence-electron chi connectivity index (χ0n) is 20.4. The van der Waals surface area contributed by atoms with Crippen molar-refractivity contribution in [3.8, 4) is 5.75 Å². The van der Waals surface area contributed by atoms with E-state index in [1.54, 1.807) is 6.92 Å². The maximum atomic E-state index is 15.9. The Morgan fingerprint density at radius 3 is 2.63 bits per heavy atom. The number of anilines is 2. The summed E-state index contributed by atoms with van der Waals surface area (Å²) < 4.78 is 22.3. The number of hydrogen-bond acceptors (Lipinski definition) is 4. The highest BCUT2D eigenvalue weighted by molar-refractivity contribution is 6.30. The minimum Gasteiger partial charge on any atom is -0.508 e. The molecule has 2 aromatic rings. The van der Waals surface area contributed by atoms with Crippen LogP contribution in [0.1, 0.15) is 55.7 Å². The van der Waals surface area contributed by atoms with Crippen molar-refractivity contribution in [3.63, 3.8) is 0 Å². The highest BCUT2D eigenvalue weighted by Gasteiger charge is 2.48. The second-order valence-electron chi connectivity index (χ2n) is 10.1. The van der Waals surface area contributed by atoms with Crippen LogP contribution < -0.4 is 15.0 Å². The Hall–Kier alpha value is -2.92. The molecule has 0 radical (unpaired) electrons. The third-order valence-electron chi connectivity index (χ3n) is 7.74. The standard InChI is InChI=1S/C29H32ClFN2O2/c1-17(7-8-21-9-11-22(30)12-10-21)32-26-25(31)19(3)24-18(2)23(20(4)34)15-33-27(24)28(26)35-16-29(33)13-5-6-14-29/h9-12,15,17,32,34H,2,4-8,13-14,16H2,1,3H3. The number of ether oxygens (including phenoxy) is 1. The first kappa shape index (κ1) is 23.8. The smallest absolute Gasteiger partial charge is 0.169 e. The number of rotatable bonds is 6. The van der Waals surface area contributed by atoms with Gasteiger partial charge in [0.05, 0.1) is 11.2 Å². The number of nitrogens with zero attached hydrogens (tertiary/aromatic N) is 1. The molecule has 2 heterocycles. The van der Waals surface area contributed by atoms with E-state index in [1.807, 2.05) is 30.5 Å². The van der Waals surface area contributed by atoms with Gasteiger partial charge >= 0.3 is 0 Å². The van der Waals surface area contributed by atoms with Crippen molar-refractivity contribution < 1.29 is 14.2 Å². The van der Waals surface area contributed by atoms with Gasteiger partial charge in [0, 0.05) is 28.4 Å². The quantitative estimate of drug-likeness (QED) is 0.403. The van der Waals surface area contributed by atoms with E-state index in [2.05, 4.69) is 30.3 Å². The van der Waals surface area contributed by atoms with Gasteiger partial charge in [-0.05, 0) is 68.4 Å². The SMILES string of the molecule is C=C(O)C1=CN2c3c(c(NC(C)CCc4ccc(Cl)cc4)c(F)c(C)c3C1=C)OCC21CCCC1. The first-order valence-corrected chi connectivity index (χ1v) is 12.7. The molecule has 2 aromatic carbocycles. The molecule has 1 spiro atoms. The molecule has 0 bridgehead atoms. The highest BCUT2D eigenvalue weighted by Crippen LogP contribution is 2.56. The molecule has 5 rings (SSSR count). The normalized spacial score (nSPS) is 18.7. The van der Waals surface area contributed by atoms with Gasteiger partial charge in [0.2, 0.25) is 0 Å². The van der Waals surface area contributed by atoms with Gasteiger partial charge in [-0.3, -0.25) is 0 Å². The van der Waals surface area contributed by atoms with E-state index >= 15 is 4.39 Å². The number of aliphatic hydroxyl groups is 1. The van der Waals surface area contributed by atoms with Crippen molar-refractivity contribution in [2.75, 3.05) is 16.8 Å². The molecule has 1 aliphatic carbocycles. The molecule has 0 saturated heterocycles. The predicted molar refractivity (Wildman–Crippen MR) is 142 cm³/mol. The molecule has 35 heavy (non-hydrogen) atoms. The number of nitrogens with one attached hydrogen (secondary N) is 1. The van der Waals surface area contributed by atoms with Crippen molar-refractivity contribution in [2.45, 2.75) is 64.0 Å². The first-order chi connectivity index (χ1) is 16.7. The molecule has 0 amide bonds. The van der Waals surface area contributed by atoms with Crippen LogP contribution in [0, 0.1) is 12.7 Å². The monoisotopic (exact) mass is 494 g/mol. The van der Waals surface area contributed by atoms with E-state index in [4.69, 9.17) is 16.3 Å². The Bertz CT molecular complexity index is 1230. The van der Waals surface area contributed by atoms with Gasteiger partial charge in [-0.15, -0.1) is 0 Å². The summed E-state index contributed by atoms with van der Waals surface area (Å²) in [5.41, 5.74) is 4.54. The van der Waals surface area contributed by atoms with Gasteiger partial charge in [0.15, 0.2) is 11.6 Å². The van der Waals surface area contributed by atoms with E-state index < -0.39 is 0 Å². The van der Waals surface area contributed by atoms with Crippen LogP contribution in [-0.2, 0) is 6.42 Å². The minimum atomic E-state index is -0.342. The van der Waals surface area contributed by atoms with Gasteiger partial charge in [-0.1, -0.05) is 49.7 Å². The third kappa shape index (κ3) is 4.00. The molecule has 1 saturated carbocycles. The summed E-state index contributed by atoms with van der Waals surface area (Å²) in [6.07, 6.45) is 7.81. The van der Waals surface area contributed by atoms with Crippen LogP contribution in [0.25, 0.3) is 5.57 Å². The Labute approximate surface area is 211 Å². The summed E-state index contributed by atoms with van der Waals surface area (Å²) in [4.78, 5) is 2.22. The molecule has 2 aliphatic heterocycles. The summed E-state index contributed by atoms with van der Waals surface area (Å²) in [6, 6.07) is 7.85. The molecular formula is C29H32ClFN2O2. The van der Waals surface area contributed by atoms with Gasteiger partial charge in [-0.25, -0.2) is 4.39 Å². The number of benzene rings is 2. The topological polar surface area (TPSA) is 44.7 Å². The van der Waals surface area contributed by atoms with Crippen LogP contribution in [0.4, 0.5) is 15.8 Å². The minimum absolute atomic E-state index is 0.0170. The summed E-state index contributed by atoms with van der Waals surface area (Å²) in [7, 11) is 0. The first-order valence-electron chi connectivity index (χ1n) is 12.3. The molecule has 1 fully saturated rings. The molecule has 0 aromatic heterocycles. The van der Waals surface area contributed by atoms with Crippen molar-refractivity contribution in [3.05, 3.63) is 82.5 Å². The second kappa shape index (κ2) is 8.94. The van der Waals surface area contributed by atoms with E-state index in [9.17, 15) is 5.11 Å². The van der Waals surface area contributed by atoms with Crippen molar-refractivity contribution >= 4 is 28.5 Å². The molecule has 4 nitrogen and oxygen atoms in total. The average molecular weight is 495 g/mol. The summed E-state index contributed by atoms with van der Waals surface area (Å²) in [5.74, 6) is 0.129. The van der Waals surface area contributed by atoms with Crippen LogP contribution in [-0.4, -0.2) is 23.3 Å². The molecule has 2 N–H and O–H groups in total. The zero-order chi connectivity index (χ0) is 24.9. The molecular weight excluding hydrogens is 463 g/mol. The molecule has 6 heteroatoms. The van der Waals surface area contributed by atoms with E-state index in [0.29, 0.717) is 40.3 Å². The van der Waals surface area contributed by atoms with E-state index in [-0.39, 0.29) is 23.2 Å². The lowest BCUT2D eigenvalue weighted by molar-refractivity contribution is 0.199. The van der Waals surface area contributed by atoms with Gasteiger partial charge in [-0.2, -0.15) is 0 Å². The van der Waals surface area contributed by atoms with Crippen LogP contribution in [0.3, 0.4) is 0 Å². The van der Waals surface area contributed by atoms with Gasteiger partial charge in [0.1, 0.15) is 18.1 Å². The lowest BCUT2D eigenvalue weighted by atomic mass is 9.83. The molecule has 1 unspecified atom stereocenters. The van der Waals surface area contributed by atoms with E-state index in [1.165, 1.54) is 5.56 Å². The third-order valence-corrected chi connectivity index (χ3v) is 7.99. The number of aryl methyl sites for hydroxylation is 1. The summed E-state index contributed by atoms with van der Waals surface area (Å²) >= 11 is 6.00. The Balaban J connectivity index is 1.52. The predicted octanol–water partition coefficient (Wildman–Crippen LogP) is 7.71. The fourth-order valence-electron chi connectivity index (χ4n) is 5.75. The molecule has 3 aliphatic rings. The lowest BCUT2D eigenvalue weighted by Crippen LogP contribution is -2.52. The van der Waals surface area contributed by atoms with Gasteiger partial charge < -0.3 is 20.1 Å². The van der Waals surface area contributed by atoms with E-state index in [0.717, 1.165) is 49.2 Å². The lowest BCUT2D eigenvalue weighted by Gasteiger charge is -2.49. The number of allylic oxidation sites excluding steroid dienone is 1. The number of hydrogen-bond donors (Lipinski definition) is 2. The van der Waals surface area contributed by atoms with Crippen LogP contribution >= 0.6 is 11.6 Å². The Morgan fingerprint density at radius 2 is 1.97 bits per heavy atom. The average Bonchev–Trinajstić information content (AvgIpc) is 3.30. The summed E-state index contributed by atoms with van der Waals surface area (Å²) in [6.45, 7) is 12.3. The zero-order valence-corrected chi connectivity index (χ0v) is 21.1. The number of fused-ring (bicyclic) bond motifs is 1. The maximum absolute atomic E-state index is 15.9. The molecule has 1 atom stereocenters. The fraction of sp³-hybridized carbons (Fsp3) is 0.379. The molecule has 184 valence electrons. The highest BCUT2D eigenvalue weighted by atomic mass is 35.5. The fourth-order valence-corrected chi connectivity index (χ4v) is 5.88. The number of halogens is 2. The maximum Gasteiger partial charge on any atom is 0.169 e. The van der Waals surface area contributed by atoms with Crippen molar-refractivity contribution in [1.29, 1.82) is 0 Å². The van der Waals surface area contributed by atoms with Crippen molar-refractivity contribution in [1.82, 2.24) is 0 Å². The van der Waals surface area contributed by atoms with Crippen LogP contribution in [0.5, 0.6) is 5.75 Å². The largest absolute Gasteiger partial charge is 0.508 e. The van der Waals surface area contributed by atoms with Crippen LogP contribution in [0.2, 0.25) is 5.02 Å². The Kier molecular flexibility index (Phi) is 6.08. The van der Waals surface area contributed by atoms with Gasteiger partial charge in [0.25, 0.3) is 0 Å². The second-order valence-corrected chi connectivity index (χ2v) is 10.6. The Morgan fingerprint density at radius 1 is 1.29 bits per heavy atom. The number of aliphatic hydroxyl groups excluding tert-OH is 1. The summed E-state index contributed by atoms with van der Waals surface area (Å²) in [5, 5.41) is 14.4.